The molecule has 0 amide bonds. The zero-order chi connectivity index (χ0) is 22.1. The Bertz CT molecular complexity index is 674. The normalized spacial score (nSPS) is 11.5. The lowest BCUT2D eigenvalue weighted by Gasteiger charge is -2.08. The molecule has 0 unspecified atom stereocenters. The first kappa shape index (κ1) is 26.5. The van der Waals surface area contributed by atoms with Crippen molar-refractivity contribution < 1.29 is 41.1 Å². The summed E-state index contributed by atoms with van der Waals surface area (Å²) in [5.41, 5.74) is 0.975. The molecular weight excluding hydrogens is 416 g/mol. The van der Waals surface area contributed by atoms with Crippen molar-refractivity contribution in [3.05, 3.63) is 29.8 Å². The van der Waals surface area contributed by atoms with Gasteiger partial charge in [-0.05, 0) is 25.5 Å². The van der Waals surface area contributed by atoms with Gasteiger partial charge in [0.05, 0.1) is 64.9 Å². The lowest BCUT2D eigenvalue weighted by molar-refractivity contribution is -0.141. The maximum atomic E-state index is 12.0. The molecule has 0 N–H and O–H groups in total. The van der Waals surface area contributed by atoms with Crippen LogP contribution in [-0.4, -0.2) is 81.0 Å². The van der Waals surface area contributed by atoms with Crippen LogP contribution in [0.2, 0.25) is 0 Å². The van der Waals surface area contributed by atoms with Gasteiger partial charge in [-0.15, -0.1) is 0 Å². The van der Waals surface area contributed by atoms with Gasteiger partial charge in [0.2, 0.25) is 0 Å². The fraction of sp³-hybridized carbons (Fsp3) is 0.650. The van der Waals surface area contributed by atoms with E-state index in [1.54, 1.807) is 12.1 Å². The van der Waals surface area contributed by atoms with E-state index in [9.17, 15) is 13.2 Å². The van der Waals surface area contributed by atoms with Gasteiger partial charge in [0, 0.05) is 13.0 Å². The number of esters is 1. The van der Waals surface area contributed by atoms with Crippen LogP contribution in [0.5, 0.6) is 0 Å². The summed E-state index contributed by atoms with van der Waals surface area (Å²) in [6, 6.07) is 6.46. The molecule has 0 radical (unpaired) electrons. The van der Waals surface area contributed by atoms with Gasteiger partial charge in [-0.1, -0.05) is 17.7 Å². The second-order valence-electron chi connectivity index (χ2n) is 6.22. The summed E-state index contributed by atoms with van der Waals surface area (Å²) in [7, 11) is -2.40. The van der Waals surface area contributed by atoms with Crippen LogP contribution >= 0.6 is 0 Å². The predicted molar refractivity (Wildman–Crippen MR) is 109 cm³/mol. The molecule has 0 aliphatic heterocycles. The molecule has 0 aliphatic carbocycles. The lowest BCUT2D eigenvalue weighted by Crippen LogP contribution is -2.15. The second-order valence-corrected chi connectivity index (χ2v) is 7.83. The number of ether oxygens (including phenoxy) is 5. The quantitative estimate of drug-likeness (QED) is 0.188. The highest BCUT2D eigenvalue weighted by Crippen LogP contribution is 2.12. The summed E-state index contributed by atoms with van der Waals surface area (Å²) >= 11 is 0. The Balaban J connectivity index is 1.86. The van der Waals surface area contributed by atoms with Gasteiger partial charge in [-0.25, -0.2) is 0 Å². The predicted octanol–water partition coefficient (Wildman–Crippen LogP) is 1.72. The van der Waals surface area contributed by atoms with Crippen molar-refractivity contribution >= 4 is 16.1 Å². The largest absolute Gasteiger partial charge is 0.469 e. The molecule has 0 saturated carbocycles. The zero-order valence-electron chi connectivity index (χ0n) is 17.7. The standard InChI is InChI=1S/C20H32O9S/c1-18-5-7-19(8-6-18)30(22,23)29-17-16-28-15-14-27-13-12-26-11-10-25-9-3-4-20(21)24-2/h5-8H,3-4,9-17H2,1-2H3. The zero-order valence-corrected chi connectivity index (χ0v) is 18.5. The molecule has 1 rings (SSSR count). The summed E-state index contributed by atoms with van der Waals surface area (Å²) in [5.74, 6) is -0.240. The molecule has 10 heteroatoms. The Labute approximate surface area is 178 Å². The van der Waals surface area contributed by atoms with Gasteiger partial charge in [0.25, 0.3) is 10.1 Å². The molecule has 172 valence electrons. The van der Waals surface area contributed by atoms with Gasteiger partial charge in [0.15, 0.2) is 0 Å². The van der Waals surface area contributed by atoms with Crippen LogP contribution in [0, 0.1) is 6.92 Å². The van der Waals surface area contributed by atoms with Crippen LogP contribution in [0.3, 0.4) is 0 Å². The molecule has 1 aromatic rings. The molecular formula is C20H32O9S. The van der Waals surface area contributed by atoms with E-state index in [1.807, 2.05) is 6.92 Å². The first-order chi connectivity index (χ1) is 14.5. The van der Waals surface area contributed by atoms with Crippen molar-refractivity contribution in [3.63, 3.8) is 0 Å². The maximum Gasteiger partial charge on any atom is 0.305 e. The van der Waals surface area contributed by atoms with E-state index in [1.165, 1.54) is 19.2 Å². The highest BCUT2D eigenvalue weighted by molar-refractivity contribution is 7.86. The minimum absolute atomic E-state index is 0.0566. The summed E-state index contributed by atoms with van der Waals surface area (Å²) in [4.78, 5) is 11.0. The molecule has 1 aromatic carbocycles. The van der Waals surface area contributed by atoms with Gasteiger partial charge in [0.1, 0.15) is 0 Å². The molecule has 0 heterocycles. The van der Waals surface area contributed by atoms with Crippen molar-refractivity contribution in [2.75, 3.05) is 66.6 Å². The Kier molecular flexibility index (Phi) is 14.3. The summed E-state index contributed by atoms with van der Waals surface area (Å²) in [6.45, 7) is 4.93. The molecule has 30 heavy (non-hydrogen) atoms. The number of benzene rings is 1. The maximum absolute atomic E-state index is 12.0. The highest BCUT2D eigenvalue weighted by Gasteiger charge is 2.14. The van der Waals surface area contributed by atoms with Crippen LogP contribution in [0.25, 0.3) is 0 Å². The molecule has 0 fully saturated rings. The number of aryl methyl sites for hydroxylation is 1. The summed E-state index contributed by atoms with van der Waals surface area (Å²) in [5, 5.41) is 0. The average molecular weight is 449 g/mol. The van der Waals surface area contributed by atoms with E-state index in [0.717, 1.165) is 5.56 Å². The van der Waals surface area contributed by atoms with Crippen molar-refractivity contribution in [3.8, 4) is 0 Å². The second kappa shape index (κ2) is 16.2. The smallest absolute Gasteiger partial charge is 0.305 e. The molecule has 0 aliphatic rings. The fourth-order valence-corrected chi connectivity index (χ4v) is 3.05. The van der Waals surface area contributed by atoms with E-state index in [2.05, 4.69) is 4.74 Å². The Morgan fingerprint density at radius 1 is 0.767 bits per heavy atom. The number of carbonyl (C=O) groups is 1. The van der Waals surface area contributed by atoms with Crippen LogP contribution < -0.4 is 0 Å². The van der Waals surface area contributed by atoms with E-state index in [4.69, 9.17) is 23.1 Å². The molecule has 0 spiro atoms. The molecule has 0 bridgehead atoms. The van der Waals surface area contributed by atoms with E-state index in [0.29, 0.717) is 59.1 Å². The molecule has 0 saturated heterocycles. The number of rotatable bonds is 18. The third kappa shape index (κ3) is 12.9. The Hall–Kier alpha value is -1.56. The number of carbonyl (C=O) groups excluding carboxylic acids is 1. The van der Waals surface area contributed by atoms with Gasteiger partial charge in [-0.2, -0.15) is 8.42 Å². The highest BCUT2D eigenvalue weighted by atomic mass is 32.2. The van der Waals surface area contributed by atoms with E-state index in [-0.39, 0.29) is 24.1 Å². The lowest BCUT2D eigenvalue weighted by atomic mass is 10.2. The van der Waals surface area contributed by atoms with Crippen LogP contribution in [0.1, 0.15) is 18.4 Å². The van der Waals surface area contributed by atoms with Crippen LogP contribution in [0.15, 0.2) is 29.2 Å². The Morgan fingerprint density at radius 2 is 1.23 bits per heavy atom. The monoisotopic (exact) mass is 448 g/mol. The van der Waals surface area contributed by atoms with Crippen LogP contribution in [-0.2, 0) is 42.8 Å². The van der Waals surface area contributed by atoms with E-state index < -0.39 is 10.1 Å². The topological polar surface area (TPSA) is 107 Å². The summed E-state index contributed by atoms with van der Waals surface area (Å²) in [6.07, 6.45) is 0.973. The molecule has 0 aromatic heterocycles. The number of methoxy groups -OCH3 is 1. The van der Waals surface area contributed by atoms with Crippen molar-refractivity contribution in [1.82, 2.24) is 0 Å². The minimum atomic E-state index is -3.76. The average Bonchev–Trinajstić information content (AvgIpc) is 2.73. The fourth-order valence-electron chi connectivity index (χ4n) is 2.16. The Morgan fingerprint density at radius 3 is 1.73 bits per heavy atom. The van der Waals surface area contributed by atoms with Gasteiger partial charge < -0.3 is 23.7 Å². The minimum Gasteiger partial charge on any atom is -0.469 e. The van der Waals surface area contributed by atoms with Gasteiger partial charge in [-0.3, -0.25) is 8.98 Å². The van der Waals surface area contributed by atoms with Crippen molar-refractivity contribution in [1.29, 1.82) is 0 Å². The first-order valence-electron chi connectivity index (χ1n) is 9.79. The molecule has 0 atom stereocenters. The number of hydrogen-bond donors (Lipinski definition) is 0. The van der Waals surface area contributed by atoms with Crippen molar-refractivity contribution in [2.45, 2.75) is 24.7 Å². The number of hydrogen-bond acceptors (Lipinski definition) is 9. The van der Waals surface area contributed by atoms with E-state index >= 15 is 0 Å². The van der Waals surface area contributed by atoms with Gasteiger partial charge >= 0.3 is 5.97 Å². The van der Waals surface area contributed by atoms with Crippen molar-refractivity contribution in [2.24, 2.45) is 0 Å². The van der Waals surface area contributed by atoms with Crippen LogP contribution in [0.4, 0.5) is 0 Å². The third-order valence-electron chi connectivity index (χ3n) is 3.79. The first-order valence-corrected chi connectivity index (χ1v) is 11.2. The third-order valence-corrected chi connectivity index (χ3v) is 5.12. The SMILES string of the molecule is COC(=O)CCCOCCOCCOCCOCCOS(=O)(=O)c1ccc(C)cc1. The molecule has 9 nitrogen and oxygen atoms in total. The summed E-state index contributed by atoms with van der Waals surface area (Å²) < 4.78 is 54.7.